The van der Waals surface area contributed by atoms with Gasteiger partial charge in [0.15, 0.2) is 0 Å². The Hall–Kier alpha value is -2.47. The summed E-state index contributed by atoms with van der Waals surface area (Å²) in [5, 5.41) is 12.6. The third-order valence-electron chi connectivity index (χ3n) is 5.24. The lowest BCUT2D eigenvalue weighted by Crippen LogP contribution is -2.28. The molecule has 0 aromatic heterocycles. The standard InChI is InChI=1S/C20H23N3O6S2/c24-19-10-9-17(31(28,29)23-11-1-2-12-23)13-18(19)21-20(25)14-3-7-16(8-4-14)30(26,27)22-15-5-6-15/h3-4,7-10,13,15,22,24H,1-2,5-6,11-12H2,(H,21,25). The molecule has 1 saturated heterocycles. The van der Waals surface area contributed by atoms with Gasteiger partial charge in [-0.05, 0) is 68.1 Å². The minimum atomic E-state index is -3.71. The van der Waals surface area contributed by atoms with Crippen LogP contribution >= 0.6 is 0 Å². The van der Waals surface area contributed by atoms with Crippen LogP contribution in [0, 0.1) is 0 Å². The Morgan fingerprint density at radius 3 is 2.16 bits per heavy atom. The predicted molar refractivity (Wildman–Crippen MR) is 114 cm³/mol. The Kier molecular flexibility index (Phi) is 5.77. The van der Waals surface area contributed by atoms with Crippen molar-refractivity contribution in [2.45, 2.75) is 41.5 Å². The van der Waals surface area contributed by atoms with Gasteiger partial charge in [0, 0.05) is 24.7 Å². The molecule has 0 spiro atoms. The second kappa shape index (κ2) is 8.23. The Bertz CT molecular complexity index is 1200. The highest BCUT2D eigenvalue weighted by Crippen LogP contribution is 2.30. The number of nitrogens with zero attached hydrogens (tertiary/aromatic N) is 1. The molecule has 0 atom stereocenters. The van der Waals surface area contributed by atoms with Crippen LogP contribution in [0.2, 0.25) is 0 Å². The summed E-state index contributed by atoms with van der Waals surface area (Å²) in [6.07, 6.45) is 3.22. The van der Waals surface area contributed by atoms with Crippen LogP contribution in [0.5, 0.6) is 5.75 Å². The summed E-state index contributed by atoms with van der Waals surface area (Å²) < 4.78 is 53.9. The molecule has 1 saturated carbocycles. The van der Waals surface area contributed by atoms with Gasteiger partial charge in [0.1, 0.15) is 5.75 Å². The molecule has 0 bridgehead atoms. The first-order valence-corrected chi connectivity index (χ1v) is 12.9. The predicted octanol–water partition coefficient (Wildman–Crippen LogP) is 1.87. The van der Waals surface area contributed by atoms with Crippen LogP contribution in [-0.4, -0.2) is 51.3 Å². The van der Waals surface area contributed by atoms with Crippen LogP contribution in [0.3, 0.4) is 0 Å². The molecule has 31 heavy (non-hydrogen) atoms. The number of rotatable bonds is 7. The number of anilines is 1. The molecular weight excluding hydrogens is 442 g/mol. The number of hydrogen-bond donors (Lipinski definition) is 3. The van der Waals surface area contributed by atoms with E-state index in [0.29, 0.717) is 13.1 Å². The van der Waals surface area contributed by atoms with Gasteiger partial charge < -0.3 is 10.4 Å². The number of phenolic OH excluding ortho intramolecular Hbond substituents is 1. The largest absolute Gasteiger partial charge is 0.506 e. The van der Waals surface area contributed by atoms with Gasteiger partial charge in [0.25, 0.3) is 5.91 Å². The maximum atomic E-state index is 12.7. The summed E-state index contributed by atoms with van der Waals surface area (Å²) in [5.41, 5.74) is 0.120. The molecule has 4 rings (SSSR count). The summed E-state index contributed by atoms with van der Waals surface area (Å²) in [5.74, 6) is -0.883. The summed E-state index contributed by atoms with van der Waals surface area (Å²) in [7, 11) is -7.34. The molecule has 2 aliphatic rings. The van der Waals surface area contributed by atoms with Crippen molar-refractivity contribution in [3.8, 4) is 5.75 Å². The Balaban J connectivity index is 1.51. The van der Waals surface area contributed by atoms with E-state index in [1.54, 1.807) is 0 Å². The van der Waals surface area contributed by atoms with E-state index in [-0.39, 0.29) is 32.8 Å². The van der Waals surface area contributed by atoms with Crippen molar-refractivity contribution >= 4 is 31.6 Å². The van der Waals surface area contributed by atoms with Gasteiger partial charge in [0.2, 0.25) is 20.0 Å². The van der Waals surface area contributed by atoms with E-state index >= 15 is 0 Å². The Labute approximate surface area is 181 Å². The van der Waals surface area contributed by atoms with E-state index in [0.717, 1.165) is 25.7 Å². The van der Waals surface area contributed by atoms with Crippen LogP contribution in [0.1, 0.15) is 36.0 Å². The van der Waals surface area contributed by atoms with E-state index in [9.17, 15) is 26.7 Å². The number of phenols is 1. The molecule has 9 nitrogen and oxygen atoms in total. The first-order chi connectivity index (χ1) is 14.7. The number of nitrogens with one attached hydrogen (secondary N) is 2. The van der Waals surface area contributed by atoms with Crippen molar-refractivity contribution in [3.05, 3.63) is 48.0 Å². The van der Waals surface area contributed by atoms with E-state index in [1.165, 1.54) is 46.8 Å². The molecule has 2 fully saturated rings. The summed E-state index contributed by atoms with van der Waals surface area (Å²) >= 11 is 0. The lowest BCUT2D eigenvalue weighted by atomic mass is 10.2. The minimum Gasteiger partial charge on any atom is -0.506 e. The molecule has 2 aromatic carbocycles. The normalized spacial score (nSPS) is 17.5. The smallest absolute Gasteiger partial charge is 0.255 e. The van der Waals surface area contributed by atoms with Gasteiger partial charge >= 0.3 is 0 Å². The van der Waals surface area contributed by atoms with Gasteiger partial charge in [-0.15, -0.1) is 0 Å². The van der Waals surface area contributed by atoms with Gasteiger partial charge in [-0.2, -0.15) is 4.31 Å². The number of amides is 1. The highest BCUT2D eigenvalue weighted by atomic mass is 32.2. The fourth-order valence-electron chi connectivity index (χ4n) is 3.32. The molecule has 3 N–H and O–H groups in total. The van der Waals surface area contributed by atoms with Gasteiger partial charge in [-0.1, -0.05) is 0 Å². The lowest BCUT2D eigenvalue weighted by molar-refractivity contribution is 0.102. The second-order valence-corrected chi connectivity index (χ2v) is 11.3. The van der Waals surface area contributed by atoms with Crippen molar-refractivity contribution in [2.24, 2.45) is 0 Å². The topological polar surface area (TPSA) is 133 Å². The zero-order valence-electron chi connectivity index (χ0n) is 16.6. The molecule has 1 aliphatic heterocycles. The number of hydrogen-bond acceptors (Lipinski definition) is 6. The first kappa shape index (κ1) is 21.8. The molecule has 1 heterocycles. The van der Waals surface area contributed by atoms with Crippen molar-refractivity contribution in [1.29, 1.82) is 0 Å². The molecule has 1 amide bonds. The average molecular weight is 466 g/mol. The maximum absolute atomic E-state index is 12.7. The summed E-state index contributed by atoms with van der Waals surface area (Å²) in [6, 6.07) is 9.08. The monoisotopic (exact) mass is 465 g/mol. The molecule has 0 unspecified atom stereocenters. The minimum absolute atomic E-state index is 0.0184. The SMILES string of the molecule is O=C(Nc1cc(S(=O)(=O)N2CCCC2)ccc1O)c1ccc(S(=O)(=O)NC2CC2)cc1. The van der Waals surface area contributed by atoms with Gasteiger partial charge in [-0.3, -0.25) is 4.79 Å². The number of carbonyl (C=O) groups is 1. The highest BCUT2D eigenvalue weighted by Gasteiger charge is 2.29. The van der Waals surface area contributed by atoms with Gasteiger partial charge in [-0.25, -0.2) is 21.6 Å². The van der Waals surface area contributed by atoms with Crippen LogP contribution in [-0.2, 0) is 20.0 Å². The van der Waals surface area contributed by atoms with Crippen LogP contribution in [0.4, 0.5) is 5.69 Å². The zero-order chi connectivity index (χ0) is 22.2. The maximum Gasteiger partial charge on any atom is 0.255 e. The Morgan fingerprint density at radius 1 is 0.935 bits per heavy atom. The van der Waals surface area contributed by atoms with E-state index in [2.05, 4.69) is 10.0 Å². The Morgan fingerprint density at radius 2 is 1.55 bits per heavy atom. The number of benzene rings is 2. The molecule has 2 aromatic rings. The molecule has 166 valence electrons. The van der Waals surface area contributed by atoms with E-state index in [1.807, 2.05) is 0 Å². The second-order valence-electron chi connectivity index (χ2n) is 7.66. The van der Waals surface area contributed by atoms with Gasteiger partial charge in [0.05, 0.1) is 15.5 Å². The molecule has 11 heteroatoms. The lowest BCUT2D eigenvalue weighted by Gasteiger charge is -2.16. The van der Waals surface area contributed by atoms with Crippen LogP contribution in [0.15, 0.2) is 52.3 Å². The van der Waals surface area contributed by atoms with Crippen molar-refractivity contribution in [3.63, 3.8) is 0 Å². The van der Waals surface area contributed by atoms with E-state index < -0.39 is 26.0 Å². The third-order valence-corrected chi connectivity index (χ3v) is 8.68. The fourth-order valence-corrected chi connectivity index (χ4v) is 6.17. The van der Waals surface area contributed by atoms with Crippen molar-refractivity contribution in [1.82, 2.24) is 9.03 Å². The number of carbonyl (C=O) groups excluding carboxylic acids is 1. The third kappa shape index (κ3) is 4.74. The van der Waals surface area contributed by atoms with Crippen molar-refractivity contribution < 1.29 is 26.7 Å². The van der Waals surface area contributed by atoms with E-state index in [4.69, 9.17) is 0 Å². The molecule has 1 aliphatic carbocycles. The molecular formula is C20H23N3O6S2. The van der Waals surface area contributed by atoms with Crippen LogP contribution in [0.25, 0.3) is 0 Å². The number of sulfonamides is 2. The highest BCUT2D eigenvalue weighted by molar-refractivity contribution is 7.89. The van der Waals surface area contributed by atoms with Crippen LogP contribution < -0.4 is 10.0 Å². The zero-order valence-corrected chi connectivity index (χ0v) is 18.2. The average Bonchev–Trinajstić information content (AvgIpc) is 3.35. The molecule has 0 radical (unpaired) electrons. The fraction of sp³-hybridized carbons (Fsp3) is 0.350. The quantitative estimate of drug-likeness (QED) is 0.535. The summed E-state index contributed by atoms with van der Waals surface area (Å²) in [6.45, 7) is 0.880. The van der Waals surface area contributed by atoms with Crippen molar-refractivity contribution in [2.75, 3.05) is 18.4 Å². The first-order valence-electron chi connectivity index (χ1n) is 9.94. The summed E-state index contributed by atoms with van der Waals surface area (Å²) in [4.78, 5) is 12.6. The number of aromatic hydroxyl groups is 1.